The first kappa shape index (κ1) is 13.2. The molecule has 0 aliphatic rings. The molecule has 0 saturated carbocycles. The van der Waals surface area contributed by atoms with E-state index in [1.54, 1.807) is 4.57 Å². The van der Waals surface area contributed by atoms with Gasteiger partial charge in [-0.3, -0.25) is 9.36 Å². The molecule has 0 radical (unpaired) electrons. The zero-order valence-corrected chi connectivity index (χ0v) is 10.5. The largest absolute Gasteiger partial charge is 0.382 e. The lowest BCUT2D eigenvalue weighted by atomic mass is 10.3. The summed E-state index contributed by atoms with van der Waals surface area (Å²) in [6.45, 7) is 5.90. The minimum absolute atomic E-state index is 0.0895. The number of hydrogen-bond donors (Lipinski definition) is 0. The van der Waals surface area contributed by atoms with Gasteiger partial charge >= 0.3 is 0 Å². The van der Waals surface area contributed by atoms with Crippen LogP contribution in [0.15, 0.2) is 10.9 Å². The minimum atomic E-state index is -0.0895. The first-order valence-corrected chi connectivity index (χ1v) is 5.90. The first-order chi connectivity index (χ1) is 7.69. The molecule has 0 aromatic carbocycles. The van der Waals surface area contributed by atoms with E-state index in [4.69, 9.17) is 16.3 Å². The van der Waals surface area contributed by atoms with E-state index >= 15 is 0 Å². The van der Waals surface area contributed by atoms with Crippen molar-refractivity contribution in [3.05, 3.63) is 27.4 Å². The number of aromatic nitrogens is 2. The molecule has 90 valence electrons. The van der Waals surface area contributed by atoms with Gasteiger partial charge in [0.2, 0.25) is 0 Å². The second-order valence-corrected chi connectivity index (χ2v) is 3.78. The molecule has 0 N–H and O–H groups in total. The normalized spacial score (nSPS) is 10.7. The molecule has 0 amide bonds. The SMILES string of the molecule is CCOCCCn1c(CC)nc(Cl)cc1=O. The molecule has 1 heterocycles. The third kappa shape index (κ3) is 3.61. The molecule has 0 fully saturated rings. The fourth-order valence-electron chi connectivity index (χ4n) is 1.50. The maximum Gasteiger partial charge on any atom is 0.254 e. The van der Waals surface area contributed by atoms with Crippen molar-refractivity contribution in [3.63, 3.8) is 0 Å². The second-order valence-electron chi connectivity index (χ2n) is 3.39. The smallest absolute Gasteiger partial charge is 0.254 e. The predicted octanol–water partition coefficient (Wildman–Crippen LogP) is 1.89. The lowest BCUT2D eigenvalue weighted by Gasteiger charge is -2.10. The maximum absolute atomic E-state index is 11.7. The van der Waals surface area contributed by atoms with E-state index in [0.717, 1.165) is 12.2 Å². The van der Waals surface area contributed by atoms with E-state index in [0.29, 0.717) is 26.2 Å². The summed E-state index contributed by atoms with van der Waals surface area (Å²) in [5.74, 6) is 0.731. The molecule has 0 aliphatic heterocycles. The number of ether oxygens (including phenoxy) is 1. The Morgan fingerprint density at radius 1 is 1.50 bits per heavy atom. The molecule has 4 nitrogen and oxygen atoms in total. The summed E-state index contributed by atoms with van der Waals surface area (Å²) in [4.78, 5) is 15.8. The molecule has 0 unspecified atom stereocenters. The van der Waals surface area contributed by atoms with Crippen molar-refractivity contribution in [2.24, 2.45) is 0 Å². The van der Waals surface area contributed by atoms with Crippen LogP contribution in [-0.4, -0.2) is 22.8 Å². The van der Waals surface area contributed by atoms with Gasteiger partial charge in [0.05, 0.1) is 0 Å². The Balaban J connectivity index is 2.74. The molecule has 1 aromatic rings. The number of rotatable bonds is 6. The Morgan fingerprint density at radius 3 is 2.88 bits per heavy atom. The first-order valence-electron chi connectivity index (χ1n) is 5.53. The van der Waals surface area contributed by atoms with Gasteiger partial charge in [-0.1, -0.05) is 18.5 Å². The van der Waals surface area contributed by atoms with Crippen LogP contribution in [0.25, 0.3) is 0 Å². The summed E-state index contributed by atoms with van der Waals surface area (Å²) in [7, 11) is 0. The third-order valence-corrected chi connectivity index (χ3v) is 2.44. The molecular formula is C11H17ClN2O2. The van der Waals surface area contributed by atoms with E-state index < -0.39 is 0 Å². The summed E-state index contributed by atoms with van der Waals surface area (Å²) in [6.07, 6.45) is 1.51. The highest BCUT2D eigenvalue weighted by Gasteiger charge is 2.05. The monoisotopic (exact) mass is 244 g/mol. The second kappa shape index (κ2) is 6.66. The summed E-state index contributed by atoms with van der Waals surface area (Å²) in [6, 6.07) is 1.35. The highest BCUT2D eigenvalue weighted by atomic mass is 35.5. The fourth-order valence-corrected chi connectivity index (χ4v) is 1.69. The highest BCUT2D eigenvalue weighted by molar-refractivity contribution is 6.29. The van der Waals surface area contributed by atoms with E-state index in [9.17, 15) is 4.79 Å². The van der Waals surface area contributed by atoms with Gasteiger partial charge in [0.1, 0.15) is 11.0 Å². The molecule has 0 atom stereocenters. The average molecular weight is 245 g/mol. The van der Waals surface area contributed by atoms with Crippen LogP contribution in [0.5, 0.6) is 0 Å². The van der Waals surface area contributed by atoms with Crippen LogP contribution in [0.1, 0.15) is 26.1 Å². The van der Waals surface area contributed by atoms with Crippen molar-refractivity contribution < 1.29 is 4.74 Å². The number of hydrogen-bond acceptors (Lipinski definition) is 3. The van der Waals surface area contributed by atoms with Gasteiger partial charge in [-0.25, -0.2) is 4.98 Å². The minimum Gasteiger partial charge on any atom is -0.382 e. The lowest BCUT2D eigenvalue weighted by Crippen LogP contribution is -2.24. The van der Waals surface area contributed by atoms with Crippen molar-refractivity contribution in [1.29, 1.82) is 0 Å². The topological polar surface area (TPSA) is 44.1 Å². The fraction of sp³-hybridized carbons (Fsp3) is 0.636. The zero-order chi connectivity index (χ0) is 12.0. The van der Waals surface area contributed by atoms with E-state index in [2.05, 4.69) is 4.98 Å². The molecule has 0 saturated heterocycles. The average Bonchev–Trinajstić information content (AvgIpc) is 2.26. The van der Waals surface area contributed by atoms with Crippen LogP contribution in [0.3, 0.4) is 0 Å². The van der Waals surface area contributed by atoms with Crippen molar-refractivity contribution in [1.82, 2.24) is 9.55 Å². The molecule has 16 heavy (non-hydrogen) atoms. The molecule has 0 bridgehead atoms. The van der Waals surface area contributed by atoms with E-state index in [1.165, 1.54) is 6.07 Å². The Kier molecular flexibility index (Phi) is 5.49. The standard InChI is InChI=1S/C11H17ClN2O2/c1-3-10-13-9(12)8-11(15)14(10)6-5-7-16-4-2/h8H,3-7H2,1-2H3. The van der Waals surface area contributed by atoms with Crippen LogP contribution in [-0.2, 0) is 17.7 Å². The van der Waals surface area contributed by atoms with Crippen LogP contribution in [0, 0.1) is 0 Å². The van der Waals surface area contributed by atoms with Crippen LogP contribution in [0.2, 0.25) is 5.15 Å². The Bertz CT molecular complexity index is 390. The van der Waals surface area contributed by atoms with E-state index in [1.807, 2.05) is 13.8 Å². The van der Waals surface area contributed by atoms with Gasteiger partial charge in [-0.15, -0.1) is 0 Å². The van der Waals surface area contributed by atoms with Crippen LogP contribution in [0.4, 0.5) is 0 Å². The Labute approximate surface area is 100 Å². The van der Waals surface area contributed by atoms with Crippen molar-refractivity contribution in [2.75, 3.05) is 13.2 Å². The summed E-state index contributed by atoms with van der Waals surface area (Å²) in [5, 5.41) is 0.267. The number of halogens is 1. The van der Waals surface area contributed by atoms with Gasteiger partial charge in [0, 0.05) is 32.2 Å². The van der Waals surface area contributed by atoms with Crippen LogP contribution >= 0.6 is 11.6 Å². The Hall–Kier alpha value is -0.870. The number of nitrogens with zero attached hydrogens (tertiary/aromatic N) is 2. The van der Waals surface area contributed by atoms with E-state index in [-0.39, 0.29) is 10.7 Å². The van der Waals surface area contributed by atoms with Gasteiger partial charge < -0.3 is 4.74 Å². The summed E-state index contributed by atoms with van der Waals surface area (Å²) < 4.78 is 6.89. The summed E-state index contributed by atoms with van der Waals surface area (Å²) >= 11 is 5.74. The molecule has 5 heteroatoms. The predicted molar refractivity (Wildman–Crippen MR) is 64.0 cm³/mol. The molecule has 1 rings (SSSR count). The van der Waals surface area contributed by atoms with Crippen molar-refractivity contribution in [2.45, 2.75) is 33.2 Å². The zero-order valence-electron chi connectivity index (χ0n) is 9.70. The highest BCUT2D eigenvalue weighted by Crippen LogP contribution is 2.03. The quantitative estimate of drug-likeness (QED) is 0.567. The third-order valence-electron chi connectivity index (χ3n) is 2.25. The number of aryl methyl sites for hydroxylation is 1. The van der Waals surface area contributed by atoms with Crippen molar-refractivity contribution in [3.8, 4) is 0 Å². The molecular weight excluding hydrogens is 228 g/mol. The molecule has 1 aromatic heterocycles. The summed E-state index contributed by atoms with van der Waals surface area (Å²) in [5.41, 5.74) is -0.0895. The lowest BCUT2D eigenvalue weighted by molar-refractivity contribution is 0.141. The van der Waals surface area contributed by atoms with Gasteiger partial charge in [-0.2, -0.15) is 0 Å². The molecule has 0 aliphatic carbocycles. The van der Waals surface area contributed by atoms with Gasteiger partial charge in [0.25, 0.3) is 5.56 Å². The molecule has 0 spiro atoms. The maximum atomic E-state index is 11.7. The Morgan fingerprint density at radius 2 is 2.25 bits per heavy atom. The van der Waals surface area contributed by atoms with Crippen molar-refractivity contribution >= 4 is 11.6 Å². The van der Waals surface area contributed by atoms with Gasteiger partial charge in [0.15, 0.2) is 0 Å². The van der Waals surface area contributed by atoms with Crippen LogP contribution < -0.4 is 5.56 Å². The van der Waals surface area contributed by atoms with Gasteiger partial charge in [-0.05, 0) is 13.3 Å².